The molecule has 0 saturated carbocycles. The zero-order chi connectivity index (χ0) is 15.1. The van der Waals surface area contributed by atoms with Gasteiger partial charge < -0.3 is 10.6 Å². The maximum atomic E-state index is 12.3. The zero-order valence-electron chi connectivity index (χ0n) is 11.7. The molecule has 3 amide bonds. The first-order valence-electron chi connectivity index (χ1n) is 6.60. The van der Waals surface area contributed by atoms with Crippen LogP contribution in [0.15, 0.2) is 60.7 Å². The average molecular weight is 283 g/mol. The third kappa shape index (κ3) is 4.07. The molecule has 2 aromatic rings. The largest absolute Gasteiger partial charge is 0.370 e. The lowest BCUT2D eigenvalue weighted by atomic mass is 10.1. The number of carbonyl (C=O) groups excluding carboxylic acids is 2. The van der Waals surface area contributed by atoms with Crippen LogP contribution >= 0.6 is 0 Å². The summed E-state index contributed by atoms with van der Waals surface area (Å²) in [6.07, 6.45) is 0. The van der Waals surface area contributed by atoms with Crippen molar-refractivity contribution in [1.29, 1.82) is 0 Å². The van der Waals surface area contributed by atoms with Gasteiger partial charge in [0.1, 0.15) is 6.04 Å². The Labute approximate surface area is 123 Å². The maximum absolute atomic E-state index is 12.3. The van der Waals surface area contributed by atoms with E-state index in [0.29, 0.717) is 0 Å². The van der Waals surface area contributed by atoms with Gasteiger partial charge in [0.05, 0.1) is 0 Å². The molecule has 0 aromatic heterocycles. The Morgan fingerprint density at radius 2 is 1.48 bits per heavy atom. The van der Waals surface area contributed by atoms with E-state index in [1.165, 1.54) is 7.05 Å². The van der Waals surface area contributed by atoms with Crippen LogP contribution in [-0.2, 0) is 4.79 Å². The lowest BCUT2D eigenvalue weighted by Gasteiger charge is -2.19. The summed E-state index contributed by atoms with van der Waals surface area (Å²) in [5.41, 5.74) is 1.58. The van der Waals surface area contributed by atoms with E-state index in [0.717, 1.165) is 11.3 Å². The molecule has 0 radical (unpaired) electrons. The van der Waals surface area contributed by atoms with Crippen LogP contribution in [0.2, 0.25) is 0 Å². The molecule has 108 valence electrons. The number of benzene rings is 2. The number of imide groups is 1. The van der Waals surface area contributed by atoms with Gasteiger partial charge in [-0.3, -0.25) is 10.1 Å². The van der Waals surface area contributed by atoms with Crippen molar-refractivity contribution in [1.82, 2.24) is 10.6 Å². The fourth-order valence-electron chi connectivity index (χ4n) is 1.89. The van der Waals surface area contributed by atoms with Crippen LogP contribution in [0.4, 0.5) is 10.5 Å². The second kappa shape index (κ2) is 7.09. The molecule has 0 heterocycles. The van der Waals surface area contributed by atoms with E-state index in [2.05, 4.69) is 16.0 Å². The molecule has 5 nitrogen and oxygen atoms in total. The van der Waals surface area contributed by atoms with Crippen LogP contribution in [0.5, 0.6) is 0 Å². The van der Waals surface area contributed by atoms with E-state index in [-0.39, 0.29) is 0 Å². The molecular weight excluding hydrogens is 266 g/mol. The van der Waals surface area contributed by atoms with Crippen molar-refractivity contribution in [3.8, 4) is 0 Å². The van der Waals surface area contributed by atoms with Gasteiger partial charge in [0.25, 0.3) is 5.91 Å². The molecule has 0 fully saturated rings. The highest BCUT2D eigenvalue weighted by molar-refractivity contribution is 5.98. The SMILES string of the molecule is CNC(=O)NC(=O)C(Nc1ccccc1)c1ccccc1. The van der Waals surface area contributed by atoms with Gasteiger partial charge in [0.2, 0.25) is 0 Å². The summed E-state index contributed by atoms with van der Waals surface area (Å²) in [6.45, 7) is 0. The fourth-order valence-corrected chi connectivity index (χ4v) is 1.89. The maximum Gasteiger partial charge on any atom is 0.321 e. The lowest BCUT2D eigenvalue weighted by Crippen LogP contribution is -2.42. The van der Waals surface area contributed by atoms with Crippen molar-refractivity contribution in [3.63, 3.8) is 0 Å². The summed E-state index contributed by atoms with van der Waals surface area (Å²) in [6, 6.07) is 17.4. The topological polar surface area (TPSA) is 70.2 Å². The number of carbonyl (C=O) groups is 2. The first-order valence-corrected chi connectivity index (χ1v) is 6.60. The van der Waals surface area contributed by atoms with Crippen molar-refractivity contribution >= 4 is 17.6 Å². The molecule has 3 N–H and O–H groups in total. The lowest BCUT2D eigenvalue weighted by molar-refractivity contribution is -0.120. The van der Waals surface area contributed by atoms with E-state index in [1.807, 2.05) is 60.7 Å². The third-order valence-electron chi connectivity index (χ3n) is 2.94. The van der Waals surface area contributed by atoms with Crippen LogP contribution < -0.4 is 16.0 Å². The summed E-state index contributed by atoms with van der Waals surface area (Å²) in [5, 5.41) is 7.80. The molecule has 0 spiro atoms. The van der Waals surface area contributed by atoms with E-state index in [9.17, 15) is 9.59 Å². The Morgan fingerprint density at radius 3 is 2.05 bits per heavy atom. The fraction of sp³-hybridized carbons (Fsp3) is 0.125. The van der Waals surface area contributed by atoms with Gasteiger partial charge in [-0.05, 0) is 17.7 Å². The number of amides is 3. The highest BCUT2D eigenvalue weighted by atomic mass is 16.2. The molecule has 0 aliphatic heterocycles. The number of rotatable bonds is 4. The van der Waals surface area contributed by atoms with Gasteiger partial charge in [0.15, 0.2) is 0 Å². The van der Waals surface area contributed by atoms with Crippen LogP contribution in [0.3, 0.4) is 0 Å². The Balaban J connectivity index is 2.22. The summed E-state index contributed by atoms with van der Waals surface area (Å²) in [4.78, 5) is 23.6. The molecule has 0 bridgehead atoms. The normalized spacial score (nSPS) is 11.3. The van der Waals surface area contributed by atoms with Crippen molar-refractivity contribution in [3.05, 3.63) is 66.2 Å². The van der Waals surface area contributed by atoms with Crippen LogP contribution in [0.25, 0.3) is 0 Å². The molecule has 1 unspecified atom stereocenters. The number of hydrogen-bond donors (Lipinski definition) is 3. The van der Waals surface area contributed by atoms with Gasteiger partial charge in [-0.25, -0.2) is 4.79 Å². The third-order valence-corrected chi connectivity index (χ3v) is 2.94. The Kier molecular flexibility index (Phi) is 4.93. The molecule has 0 saturated heterocycles. The molecule has 0 aliphatic rings. The first kappa shape index (κ1) is 14.6. The van der Waals surface area contributed by atoms with Gasteiger partial charge >= 0.3 is 6.03 Å². The van der Waals surface area contributed by atoms with Crippen molar-refractivity contribution in [2.45, 2.75) is 6.04 Å². The van der Waals surface area contributed by atoms with E-state index >= 15 is 0 Å². The zero-order valence-corrected chi connectivity index (χ0v) is 11.7. The summed E-state index contributed by atoms with van der Waals surface area (Å²) in [7, 11) is 1.46. The number of para-hydroxylation sites is 1. The smallest absolute Gasteiger partial charge is 0.321 e. The van der Waals surface area contributed by atoms with Crippen molar-refractivity contribution in [2.24, 2.45) is 0 Å². The van der Waals surface area contributed by atoms with E-state index in [4.69, 9.17) is 0 Å². The molecule has 1 atom stereocenters. The number of nitrogens with one attached hydrogen (secondary N) is 3. The van der Waals surface area contributed by atoms with Crippen LogP contribution in [0, 0.1) is 0 Å². The minimum absolute atomic E-state index is 0.413. The standard InChI is InChI=1S/C16H17N3O2/c1-17-16(21)19-15(20)14(12-8-4-2-5-9-12)18-13-10-6-3-7-11-13/h2-11,14,18H,1H3,(H2,17,19,20,21). The van der Waals surface area contributed by atoms with Crippen LogP contribution in [0.1, 0.15) is 11.6 Å². The summed E-state index contributed by atoms with van der Waals surface area (Å²) >= 11 is 0. The summed E-state index contributed by atoms with van der Waals surface area (Å²) < 4.78 is 0. The highest BCUT2D eigenvalue weighted by Gasteiger charge is 2.21. The van der Waals surface area contributed by atoms with Crippen LogP contribution in [-0.4, -0.2) is 19.0 Å². The van der Waals surface area contributed by atoms with E-state index < -0.39 is 18.0 Å². The van der Waals surface area contributed by atoms with Gasteiger partial charge in [0, 0.05) is 12.7 Å². The molecule has 2 aromatic carbocycles. The number of anilines is 1. The van der Waals surface area contributed by atoms with Gasteiger partial charge in [-0.2, -0.15) is 0 Å². The molecule has 0 aliphatic carbocycles. The quantitative estimate of drug-likeness (QED) is 0.806. The minimum Gasteiger partial charge on any atom is -0.370 e. The Bertz CT molecular complexity index is 599. The molecule has 5 heteroatoms. The molecule has 21 heavy (non-hydrogen) atoms. The Morgan fingerprint density at radius 1 is 0.905 bits per heavy atom. The van der Waals surface area contributed by atoms with E-state index in [1.54, 1.807) is 0 Å². The minimum atomic E-state index is -0.647. The molecular formula is C16H17N3O2. The van der Waals surface area contributed by atoms with Gasteiger partial charge in [-0.15, -0.1) is 0 Å². The second-order valence-electron chi connectivity index (χ2n) is 4.42. The second-order valence-corrected chi connectivity index (χ2v) is 4.42. The van der Waals surface area contributed by atoms with Crippen molar-refractivity contribution in [2.75, 3.05) is 12.4 Å². The number of urea groups is 1. The first-order chi connectivity index (χ1) is 10.2. The summed E-state index contributed by atoms with van der Waals surface area (Å²) in [5.74, 6) is -0.413. The monoisotopic (exact) mass is 283 g/mol. The predicted octanol–water partition coefficient (Wildman–Crippen LogP) is 2.30. The predicted molar refractivity (Wildman–Crippen MR) is 81.8 cm³/mol. The average Bonchev–Trinajstić information content (AvgIpc) is 2.54. The van der Waals surface area contributed by atoms with Gasteiger partial charge in [-0.1, -0.05) is 48.5 Å². The number of hydrogen-bond acceptors (Lipinski definition) is 3. The highest BCUT2D eigenvalue weighted by Crippen LogP contribution is 2.19. The molecule has 2 rings (SSSR count). The van der Waals surface area contributed by atoms with Crippen molar-refractivity contribution < 1.29 is 9.59 Å². The Hall–Kier alpha value is -2.82.